The van der Waals surface area contributed by atoms with Crippen molar-refractivity contribution in [2.24, 2.45) is 0 Å². The van der Waals surface area contributed by atoms with Crippen LogP contribution >= 0.6 is 11.6 Å². The summed E-state index contributed by atoms with van der Waals surface area (Å²) in [5, 5.41) is 6.33. The standard InChI is InChI=1S/C30H26ClN5O5S/c1-40-22-15-21(16-23(18-22)41-2)33-29-30(35-27-13-6-5-12-26(27)34-29)36-42(38,39)24-10-7-9-20(17-24)32-28(37)14-19-8-3-4-11-25(19)31/h3-13,15-18H,14H2,1-2H3,(H,32,37)(H,33,34)(H,35,36). The number of nitrogens with one attached hydrogen (secondary N) is 3. The molecule has 1 aromatic heterocycles. The third-order valence-electron chi connectivity index (χ3n) is 6.15. The Morgan fingerprint density at radius 1 is 0.786 bits per heavy atom. The van der Waals surface area contributed by atoms with Gasteiger partial charge in [0, 0.05) is 34.6 Å². The van der Waals surface area contributed by atoms with E-state index in [2.05, 4.69) is 25.3 Å². The molecule has 10 nitrogen and oxygen atoms in total. The lowest BCUT2D eigenvalue weighted by molar-refractivity contribution is -0.115. The molecule has 0 radical (unpaired) electrons. The van der Waals surface area contributed by atoms with Gasteiger partial charge < -0.3 is 20.1 Å². The first-order chi connectivity index (χ1) is 20.2. The van der Waals surface area contributed by atoms with Crippen molar-refractivity contribution >= 4 is 61.6 Å². The van der Waals surface area contributed by atoms with E-state index in [0.29, 0.717) is 44.5 Å². The minimum absolute atomic E-state index is 0.0244. The van der Waals surface area contributed by atoms with E-state index in [0.717, 1.165) is 0 Å². The number of carbonyl (C=O) groups excluding carboxylic acids is 1. The molecule has 0 aliphatic carbocycles. The van der Waals surface area contributed by atoms with E-state index < -0.39 is 10.0 Å². The number of carbonyl (C=O) groups is 1. The molecule has 1 amide bonds. The van der Waals surface area contributed by atoms with Gasteiger partial charge in [0.15, 0.2) is 11.6 Å². The Morgan fingerprint density at radius 3 is 2.10 bits per heavy atom. The molecular formula is C30H26ClN5O5S. The third kappa shape index (κ3) is 6.70. The molecular weight excluding hydrogens is 578 g/mol. The van der Waals surface area contributed by atoms with Crippen LogP contribution in [0.5, 0.6) is 11.5 Å². The molecule has 0 unspecified atom stereocenters. The summed E-state index contributed by atoms with van der Waals surface area (Å²) < 4.78 is 40.3. The van der Waals surface area contributed by atoms with Crippen LogP contribution in [0, 0.1) is 0 Å². The molecule has 0 bridgehead atoms. The summed E-state index contributed by atoms with van der Waals surface area (Å²) in [5.74, 6) is 0.855. The molecule has 3 N–H and O–H groups in total. The van der Waals surface area contributed by atoms with E-state index in [1.807, 2.05) is 6.07 Å². The second-order valence-electron chi connectivity index (χ2n) is 9.09. The Kier molecular flexibility index (Phi) is 8.41. The lowest BCUT2D eigenvalue weighted by Crippen LogP contribution is -2.17. The number of rotatable bonds is 10. The predicted octanol–water partition coefficient (Wildman–Crippen LogP) is 6.03. The van der Waals surface area contributed by atoms with Gasteiger partial charge in [0.05, 0.1) is 36.6 Å². The zero-order valence-corrected chi connectivity index (χ0v) is 24.2. The van der Waals surface area contributed by atoms with Crippen LogP contribution in [0.15, 0.2) is 95.9 Å². The van der Waals surface area contributed by atoms with E-state index in [4.69, 9.17) is 21.1 Å². The van der Waals surface area contributed by atoms with Crippen LogP contribution in [-0.4, -0.2) is 38.5 Å². The summed E-state index contributed by atoms with van der Waals surface area (Å²) in [4.78, 5) is 21.7. The highest BCUT2D eigenvalue weighted by Crippen LogP contribution is 2.31. The number of nitrogens with zero attached hydrogens (tertiary/aromatic N) is 2. The molecule has 0 saturated carbocycles. The Bertz CT molecular complexity index is 1860. The quantitative estimate of drug-likeness (QED) is 0.176. The second kappa shape index (κ2) is 12.3. The monoisotopic (exact) mass is 603 g/mol. The first kappa shape index (κ1) is 28.7. The number of hydrogen-bond acceptors (Lipinski definition) is 8. The van der Waals surface area contributed by atoms with Crippen molar-refractivity contribution in [1.82, 2.24) is 9.97 Å². The van der Waals surface area contributed by atoms with E-state index in [9.17, 15) is 13.2 Å². The second-order valence-corrected chi connectivity index (χ2v) is 11.2. The van der Waals surface area contributed by atoms with Gasteiger partial charge in [-0.25, -0.2) is 18.4 Å². The van der Waals surface area contributed by atoms with Crippen molar-refractivity contribution in [3.63, 3.8) is 0 Å². The van der Waals surface area contributed by atoms with Crippen molar-refractivity contribution in [3.8, 4) is 11.5 Å². The maximum absolute atomic E-state index is 13.5. The van der Waals surface area contributed by atoms with Crippen LogP contribution in [0.25, 0.3) is 11.0 Å². The fourth-order valence-electron chi connectivity index (χ4n) is 4.12. The smallest absolute Gasteiger partial charge is 0.263 e. The first-order valence-corrected chi connectivity index (χ1v) is 14.5. The lowest BCUT2D eigenvalue weighted by Gasteiger charge is -2.15. The molecule has 5 aromatic rings. The van der Waals surface area contributed by atoms with Crippen molar-refractivity contribution in [1.29, 1.82) is 0 Å². The topological polar surface area (TPSA) is 132 Å². The van der Waals surface area contributed by atoms with Crippen molar-refractivity contribution < 1.29 is 22.7 Å². The first-order valence-electron chi connectivity index (χ1n) is 12.7. The maximum atomic E-state index is 13.5. The van der Waals surface area contributed by atoms with Crippen LogP contribution in [0.2, 0.25) is 5.02 Å². The molecule has 4 aromatic carbocycles. The zero-order valence-electron chi connectivity index (χ0n) is 22.6. The SMILES string of the molecule is COc1cc(Nc2nc3ccccc3nc2NS(=O)(=O)c2cccc(NC(=O)Cc3ccccc3Cl)c2)cc(OC)c1. The van der Waals surface area contributed by atoms with Gasteiger partial charge in [0.25, 0.3) is 10.0 Å². The minimum atomic E-state index is -4.16. The van der Waals surface area contributed by atoms with Gasteiger partial charge in [0.2, 0.25) is 5.91 Å². The van der Waals surface area contributed by atoms with Crippen LogP contribution in [-0.2, 0) is 21.2 Å². The molecule has 0 fully saturated rings. The number of methoxy groups -OCH3 is 2. The Labute approximate surface area is 247 Å². The number of benzene rings is 4. The van der Waals surface area contributed by atoms with Crippen LogP contribution in [0.1, 0.15) is 5.56 Å². The number of anilines is 4. The zero-order chi connectivity index (χ0) is 29.7. The number of ether oxygens (including phenoxy) is 2. The fraction of sp³-hybridized carbons (Fsp3) is 0.100. The molecule has 0 aliphatic heterocycles. The van der Waals surface area contributed by atoms with E-state index >= 15 is 0 Å². The Hall–Kier alpha value is -4.87. The van der Waals surface area contributed by atoms with Crippen molar-refractivity contribution in [3.05, 3.63) is 102 Å². The molecule has 0 aliphatic rings. The van der Waals surface area contributed by atoms with Crippen LogP contribution in [0.4, 0.5) is 23.0 Å². The molecule has 1 heterocycles. The summed E-state index contributed by atoms with van der Waals surface area (Å²) in [6, 6.07) is 25.2. The largest absolute Gasteiger partial charge is 0.497 e. The van der Waals surface area contributed by atoms with Gasteiger partial charge in [-0.15, -0.1) is 0 Å². The molecule has 0 spiro atoms. The van der Waals surface area contributed by atoms with Crippen LogP contribution in [0.3, 0.4) is 0 Å². The number of hydrogen-bond donors (Lipinski definition) is 3. The van der Waals surface area contributed by atoms with Crippen molar-refractivity contribution in [2.45, 2.75) is 11.3 Å². The van der Waals surface area contributed by atoms with Crippen molar-refractivity contribution in [2.75, 3.05) is 29.6 Å². The highest BCUT2D eigenvalue weighted by atomic mass is 35.5. The Balaban J connectivity index is 1.43. The van der Waals surface area contributed by atoms with E-state index in [1.54, 1.807) is 66.7 Å². The number of fused-ring (bicyclic) bond motifs is 1. The number of para-hydroxylation sites is 2. The normalized spacial score (nSPS) is 11.1. The summed E-state index contributed by atoms with van der Waals surface area (Å²) in [5.41, 5.74) is 2.55. The summed E-state index contributed by atoms with van der Waals surface area (Å²) in [6.07, 6.45) is 0.0334. The molecule has 0 atom stereocenters. The number of halogens is 1. The average molecular weight is 604 g/mol. The highest BCUT2D eigenvalue weighted by Gasteiger charge is 2.20. The van der Waals surface area contributed by atoms with E-state index in [1.165, 1.54) is 32.4 Å². The predicted molar refractivity (Wildman–Crippen MR) is 163 cm³/mol. The maximum Gasteiger partial charge on any atom is 0.263 e. The third-order valence-corrected chi connectivity index (χ3v) is 7.86. The molecule has 42 heavy (non-hydrogen) atoms. The highest BCUT2D eigenvalue weighted by molar-refractivity contribution is 7.92. The number of amides is 1. The van der Waals surface area contributed by atoms with Crippen LogP contribution < -0.4 is 24.8 Å². The van der Waals surface area contributed by atoms with Gasteiger partial charge in [-0.3, -0.25) is 9.52 Å². The van der Waals surface area contributed by atoms with Gasteiger partial charge in [-0.05, 0) is 42.0 Å². The molecule has 214 valence electrons. The summed E-state index contributed by atoms with van der Waals surface area (Å²) >= 11 is 6.17. The minimum Gasteiger partial charge on any atom is -0.497 e. The Morgan fingerprint density at radius 2 is 1.43 bits per heavy atom. The van der Waals surface area contributed by atoms with Gasteiger partial charge >= 0.3 is 0 Å². The van der Waals surface area contributed by atoms with Gasteiger partial charge in [-0.1, -0.05) is 48.0 Å². The molecule has 12 heteroatoms. The number of aromatic nitrogens is 2. The molecule has 5 rings (SSSR count). The summed E-state index contributed by atoms with van der Waals surface area (Å²) in [6.45, 7) is 0. The van der Waals surface area contributed by atoms with Gasteiger partial charge in [-0.2, -0.15) is 0 Å². The molecule has 0 saturated heterocycles. The van der Waals surface area contributed by atoms with Gasteiger partial charge in [0.1, 0.15) is 11.5 Å². The average Bonchev–Trinajstić information content (AvgIpc) is 2.98. The lowest BCUT2D eigenvalue weighted by atomic mass is 10.1. The van der Waals surface area contributed by atoms with E-state index in [-0.39, 0.29) is 28.9 Å². The summed E-state index contributed by atoms with van der Waals surface area (Å²) in [7, 11) is -1.10. The number of sulfonamides is 1. The fourth-order valence-corrected chi connectivity index (χ4v) is 5.38.